The Balaban J connectivity index is 0. The van der Waals surface area contributed by atoms with Gasteiger partial charge in [-0.15, -0.1) is 37.0 Å². The molecule has 0 spiro atoms. The van der Waals surface area contributed by atoms with Gasteiger partial charge in [0, 0.05) is 0 Å². The van der Waals surface area contributed by atoms with Crippen LogP contribution in [0.2, 0.25) is 15.8 Å². The monoisotopic (exact) mass is 408 g/mol. The van der Waals surface area contributed by atoms with Crippen molar-refractivity contribution < 1.29 is 0 Å². The molecule has 72 valence electrons. The molecule has 5 heteroatoms. The lowest BCUT2D eigenvalue weighted by atomic mass is 10.8. The molecule has 0 unspecified atom stereocenters. The smallest absolute Gasteiger partial charge is 0.215 e. The fraction of sp³-hybridized carbons (Fsp3) is 0.333. The van der Waals surface area contributed by atoms with Crippen LogP contribution in [0.4, 0.5) is 0 Å². The summed E-state index contributed by atoms with van der Waals surface area (Å²) in [5.74, 6) is 7.68. The van der Waals surface area contributed by atoms with Crippen molar-refractivity contribution in [3.05, 3.63) is 0 Å². The summed E-state index contributed by atoms with van der Waals surface area (Å²) in [6.07, 6.45) is 15.0. The highest BCUT2D eigenvalue weighted by molar-refractivity contribution is 9.49. The van der Waals surface area contributed by atoms with Crippen LogP contribution in [0.3, 0.4) is 0 Å². The number of rotatable bonds is 3. The Bertz CT molecular complexity index is 228. The predicted molar refractivity (Wildman–Crippen MR) is 79.2 cm³/mol. The molecule has 0 aliphatic rings. The van der Waals surface area contributed by atoms with Crippen LogP contribution in [0.5, 0.6) is 0 Å². The minimum Gasteiger partial charge on any atom is -0.215 e. The zero-order chi connectivity index (χ0) is 11.4. The Morgan fingerprint density at radius 3 is 1.29 bits per heavy atom. The fourth-order valence-corrected chi connectivity index (χ4v) is 3.49. The summed E-state index contributed by atoms with van der Waals surface area (Å²) in [7, 11) is -0.782. The first kappa shape index (κ1) is 17.6. The highest BCUT2D eigenvalue weighted by atomic mass is 79.9. The van der Waals surface area contributed by atoms with Crippen LogP contribution in [0.1, 0.15) is 0 Å². The van der Waals surface area contributed by atoms with Gasteiger partial charge in [0.2, 0.25) is 0 Å². The highest BCUT2D eigenvalue weighted by Gasteiger charge is 2.08. The van der Waals surface area contributed by atoms with E-state index in [4.69, 9.17) is 19.3 Å². The largest absolute Gasteiger partial charge is 0.468 e. The topological polar surface area (TPSA) is 0 Å². The van der Waals surface area contributed by atoms with E-state index in [-0.39, 0.29) is 0 Å². The van der Waals surface area contributed by atoms with E-state index in [1.54, 1.807) is 0 Å². The molecule has 0 nitrogen and oxygen atoms in total. The first-order valence-corrected chi connectivity index (χ1v) is 15.8. The van der Waals surface area contributed by atoms with Gasteiger partial charge in [0.05, 0.1) is 0 Å². The fourth-order valence-electron chi connectivity index (χ4n) is 0.417. The Hall–Kier alpha value is 1.18. The van der Waals surface area contributed by atoms with E-state index >= 15 is 0 Å². The number of hydrogen-bond acceptors (Lipinski definition) is 0. The van der Waals surface area contributed by atoms with Crippen molar-refractivity contribution in [1.82, 2.24) is 0 Å². The van der Waals surface area contributed by atoms with Gasteiger partial charge in [-0.2, -0.15) is 28.1 Å². The normalized spacial score (nSPS) is 6.86. The Morgan fingerprint density at radius 2 is 1.14 bits per heavy atom. The zero-order valence-electron chi connectivity index (χ0n) is 7.64. The van der Waals surface area contributed by atoms with Crippen LogP contribution >= 0.6 is 42.2 Å². The molecule has 0 aromatic heterocycles. The maximum absolute atomic E-state index is 5.05. The first-order chi connectivity index (χ1) is 6.58. The Kier molecular flexibility index (Phi) is 17.8. The average Bonchev–Trinajstić information content (AvgIpc) is 2.05. The number of hydrogen-bond donors (Lipinski definition) is 0. The second-order valence-electron chi connectivity index (χ2n) is 2.21. The summed E-state index contributed by atoms with van der Waals surface area (Å²) in [6.45, 7) is 0. The molecule has 0 bridgehead atoms. The van der Waals surface area contributed by atoms with Gasteiger partial charge in [-0.05, 0) is 15.8 Å². The van der Waals surface area contributed by atoms with Crippen molar-refractivity contribution in [3.63, 3.8) is 0 Å². The molecule has 0 aromatic carbocycles. The van der Waals surface area contributed by atoms with Gasteiger partial charge in [0.1, 0.15) is 0 Å². The van der Waals surface area contributed by atoms with E-state index in [0.717, 1.165) is 15.8 Å². The van der Waals surface area contributed by atoms with Gasteiger partial charge in [-0.1, -0.05) is 0 Å². The average molecular weight is 411 g/mol. The molecular weight excluding hydrogens is 402 g/mol. The molecule has 0 saturated carbocycles. The molecule has 0 aliphatic heterocycles. The van der Waals surface area contributed by atoms with Gasteiger partial charge in [-0.3, -0.25) is 0 Å². The molecule has 14 heavy (non-hydrogen) atoms. The minimum absolute atomic E-state index is 0.782. The van der Waals surface area contributed by atoms with E-state index in [1.807, 2.05) is 0 Å². The SMILES string of the molecule is C#C[CH2][Al]([Br])[Br].C#C[CH2][Al]([Br])[CH2]C#C. The Labute approximate surface area is 116 Å². The van der Waals surface area contributed by atoms with Crippen molar-refractivity contribution in [3.8, 4) is 37.0 Å². The third-order valence-corrected chi connectivity index (χ3v) is 6.74. The van der Waals surface area contributed by atoms with Crippen LogP contribution in [0, 0.1) is 37.0 Å². The molecule has 0 heterocycles. The molecule has 0 radical (unpaired) electrons. The van der Waals surface area contributed by atoms with E-state index in [0.29, 0.717) is 0 Å². The summed E-state index contributed by atoms with van der Waals surface area (Å²) in [4.78, 5) is 0. The van der Waals surface area contributed by atoms with E-state index in [2.05, 4.69) is 59.9 Å². The van der Waals surface area contributed by atoms with Crippen LogP contribution in [-0.2, 0) is 0 Å². The molecule has 0 atom stereocenters. The van der Waals surface area contributed by atoms with Gasteiger partial charge >= 0.3 is 22.8 Å². The third kappa shape index (κ3) is 18.9. The first-order valence-electron chi connectivity index (χ1n) is 3.81. The van der Waals surface area contributed by atoms with E-state index in [1.165, 1.54) is 0 Å². The summed E-state index contributed by atoms with van der Waals surface area (Å²) in [6, 6.07) is 0. The predicted octanol–water partition coefficient (Wildman–Crippen LogP) is 3.54. The minimum atomic E-state index is -0.862. The van der Waals surface area contributed by atoms with E-state index in [9.17, 15) is 0 Å². The van der Waals surface area contributed by atoms with Crippen LogP contribution in [0.25, 0.3) is 0 Å². The molecule has 0 rings (SSSR count). The van der Waals surface area contributed by atoms with Crippen molar-refractivity contribution in [2.24, 2.45) is 0 Å². The maximum atomic E-state index is 5.05. The van der Waals surface area contributed by atoms with E-state index < -0.39 is 22.8 Å². The lowest BCUT2D eigenvalue weighted by Gasteiger charge is -1.87. The maximum Gasteiger partial charge on any atom is 0.468 e. The summed E-state index contributed by atoms with van der Waals surface area (Å²) in [5, 5.41) is 2.58. The van der Waals surface area contributed by atoms with Gasteiger partial charge in [0.15, 0.2) is 0 Å². The second-order valence-corrected chi connectivity index (χ2v) is 19.6. The molecule has 0 saturated heterocycles. The zero-order valence-corrected chi connectivity index (χ0v) is 14.7. The quantitative estimate of drug-likeness (QED) is 0.493. The van der Waals surface area contributed by atoms with Gasteiger partial charge < -0.3 is 0 Å². The highest BCUT2D eigenvalue weighted by Crippen LogP contribution is 2.05. The standard InChI is InChI=1S/3C3H3.2Al.3BrH/c3*1-3-2;;;;;/h3*1H,2H2;;;3*1H/q;;;+1;+2;;;/p-3. The number of terminal acetylenes is 3. The molecular formula is C9H9Al2Br3. The van der Waals surface area contributed by atoms with Crippen molar-refractivity contribution in [1.29, 1.82) is 0 Å². The summed E-state index contributed by atoms with van der Waals surface area (Å²) < 4.78 is 0. The molecule has 0 amide bonds. The van der Waals surface area contributed by atoms with Gasteiger partial charge in [-0.25, -0.2) is 14.1 Å². The third-order valence-electron chi connectivity index (χ3n) is 0.951. The second kappa shape index (κ2) is 14.2. The van der Waals surface area contributed by atoms with Crippen LogP contribution in [-0.4, -0.2) is 22.8 Å². The van der Waals surface area contributed by atoms with Crippen molar-refractivity contribution in [2.45, 2.75) is 15.8 Å². The lowest BCUT2D eigenvalue weighted by Crippen LogP contribution is -1.97. The van der Waals surface area contributed by atoms with Gasteiger partial charge in [0.25, 0.3) is 0 Å². The summed E-state index contributed by atoms with van der Waals surface area (Å²) in [5.41, 5.74) is 0. The Morgan fingerprint density at radius 1 is 0.786 bits per heavy atom. The summed E-state index contributed by atoms with van der Waals surface area (Å²) >= 11 is 9.29. The molecule has 0 fully saturated rings. The molecule has 0 aliphatic carbocycles. The lowest BCUT2D eigenvalue weighted by molar-refractivity contribution is 1.69. The van der Waals surface area contributed by atoms with Crippen molar-refractivity contribution >= 4 is 65.0 Å². The van der Waals surface area contributed by atoms with Crippen LogP contribution in [0.15, 0.2) is 0 Å². The van der Waals surface area contributed by atoms with Crippen LogP contribution < -0.4 is 0 Å². The molecule has 0 N–H and O–H groups in total. The molecule has 0 aromatic rings. The number of halogens is 3. The van der Waals surface area contributed by atoms with Crippen molar-refractivity contribution in [2.75, 3.05) is 0 Å².